The zero-order valence-electron chi connectivity index (χ0n) is 27.1. The molecule has 5 rings (SSSR count). The summed E-state index contributed by atoms with van der Waals surface area (Å²) >= 11 is 0. The van der Waals surface area contributed by atoms with Crippen LogP contribution >= 0.6 is 0 Å². The molecule has 12 heteroatoms. The molecule has 2 aromatic rings. The van der Waals surface area contributed by atoms with E-state index in [2.05, 4.69) is 15.3 Å². The molecule has 45 heavy (non-hydrogen) atoms. The molecule has 10 nitrogen and oxygen atoms in total. The number of methoxy groups -OCH3 is 1. The minimum atomic E-state index is -3.36. The van der Waals surface area contributed by atoms with Crippen LogP contribution in [0, 0.1) is 17.3 Å². The van der Waals surface area contributed by atoms with E-state index < -0.39 is 65.2 Å². The lowest BCUT2D eigenvalue weighted by Gasteiger charge is -2.35. The maximum absolute atomic E-state index is 16.0. The van der Waals surface area contributed by atoms with E-state index in [4.69, 9.17) is 14.2 Å². The molecule has 1 aromatic heterocycles. The zero-order valence-corrected chi connectivity index (χ0v) is 27.1. The highest BCUT2D eigenvalue weighted by molar-refractivity contribution is 5.92. The first-order chi connectivity index (χ1) is 21.1. The SMILES string of the molecule is CC[C@@H]1[C@@H]2CN(C(=O)[C@H](C(C)(C)C)NC(=O)O[C@]3(C)C[C@H]3CCCCC(F)(F)c3nc4ccc(OC)cc4nc3O2)[C@@H]1C(C)=O. The molecule has 3 aliphatic rings. The van der Waals surface area contributed by atoms with Gasteiger partial charge in [-0.2, -0.15) is 8.78 Å². The largest absolute Gasteiger partial charge is 0.497 e. The number of benzene rings is 1. The number of nitrogens with zero attached hydrogens (tertiary/aromatic N) is 3. The lowest BCUT2D eigenvalue weighted by atomic mass is 9.85. The fraction of sp³-hybridized carbons (Fsp3) is 0.667. The maximum atomic E-state index is 16.0. The molecule has 1 saturated carbocycles. The van der Waals surface area contributed by atoms with Crippen molar-refractivity contribution in [2.45, 2.75) is 110 Å². The number of halogens is 2. The normalized spacial score (nSPS) is 30.6. The molecular weight excluding hydrogens is 586 g/mol. The Morgan fingerprint density at radius 3 is 2.56 bits per heavy atom. The number of hydrogen-bond acceptors (Lipinski definition) is 8. The summed E-state index contributed by atoms with van der Waals surface area (Å²) in [5.41, 5.74) is -1.45. The second-order valence-electron chi connectivity index (χ2n) is 14.0. The number of alkyl carbamates (subject to hydrolysis) is 1. The molecule has 1 aromatic carbocycles. The van der Waals surface area contributed by atoms with Crippen molar-refractivity contribution in [3.05, 3.63) is 23.9 Å². The van der Waals surface area contributed by atoms with Crippen molar-refractivity contribution in [1.29, 1.82) is 0 Å². The molecule has 0 spiro atoms. The number of Topliss-reactive ketones (excluding diaryl/α,β-unsaturated/α-hetero) is 1. The number of alkyl halides is 2. The topological polar surface area (TPSA) is 120 Å². The smallest absolute Gasteiger partial charge is 0.408 e. The van der Waals surface area contributed by atoms with Gasteiger partial charge in [-0.3, -0.25) is 9.59 Å². The molecule has 1 aliphatic carbocycles. The Labute approximate surface area is 262 Å². The summed E-state index contributed by atoms with van der Waals surface area (Å²) in [6, 6.07) is 2.90. The standard InChI is InChI=1S/C33H44F2N4O6/c1-8-21-24-17-39(25(21)18(2)40)29(41)27(31(3,4)5)38-30(42)45-32(6)16-19(32)11-9-10-14-33(34,35)26-28(44-24)37-23-15-20(43-7)12-13-22(23)36-26/h12-13,15,19,21,24-25,27H,8-11,14,16-17H2,1-7H3,(H,38,42)/t19-,21-,24+,25-,27-,32-/m1/s1. The number of amides is 2. The summed E-state index contributed by atoms with van der Waals surface area (Å²) in [7, 11) is 1.50. The molecule has 2 amide bonds. The first-order valence-electron chi connectivity index (χ1n) is 15.8. The van der Waals surface area contributed by atoms with Crippen molar-refractivity contribution in [3.63, 3.8) is 0 Å². The van der Waals surface area contributed by atoms with Gasteiger partial charge in [0.1, 0.15) is 23.5 Å². The van der Waals surface area contributed by atoms with Gasteiger partial charge >= 0.3 is 6.09 Å². The summed E-state index contributed by atoms with van der Waals surface area (Å²) in [6.07, 6.45) is 0.352. The summed E-state index contributed by atoms with van der Waals surface area (Å²) < 4.78 is 49.4. The van der Waals surface area contributed by atoms with Crippen molar-refractivity contribution < 1.29 is 37.4 Å². The Kier molecular flexibility index (Phi) is 8.74. The fourth-order valence-corrected chi connectivity index (χ4v) is 6.84. The lowest BCUT2D eigenvalue weighted by Crippen LogP contribution is -2.57. The van der Waals surface area contributed by atoms with Gasteiger partial charge in [0, 0.05) is 24.3 Å². The monoisotopic (exact) mass is 630 g/mol. The number of aromatic nitrogens is 2. The van der Waals surface area contributed by atoms with Gasteiger partial charge in [-0.25, -0.2) is 14.8 Å². The predicted octanol–water partition coefficient (Wildman–Crippen LogP) is 5.80. The van der Waals surface area contributed by atoms with Gasteiger partial charge in [-0.1, -0.05) is 34.1 Å². The number of carbonyl (C=O) groups excluding carboxylic acids is 3. The van der Waals surface area contributed by atoms with Gasteiger partial charge in [0.05, 0.1) is 30.7 Å². The minimum absolute atomic E-state index is 0.0284. The van der Waals surface area contributed by atoms with Crippen LogP contribution in [0.25, 0.3) is 11.0 Å². The maximum Gasteiger partial charge on any atom is 0.408 e. The van der Waals surface area contributed by atoms with E-state index in [1.165, 1.54) is 18.9 Å². The van der Waals surface area contributed by atoms with Crippen LogP contribution in [-0.4, -0.2) is 70.1 Å². The summed E-state index contributed by atoms with van der Waals surface area (Å²) in [6.45, 7) is 10.5. The molecule has 0 radical (unpaired) electrons. The number of nitrogens with one attached hydrogen (secondary N) is 1. The quantitative estimate of drug-likeness (QED) is 0.452. The Hall–Kier alpha value is -3.57. The number of ketones is 1. The van der Waals surface area contributed by atoms with E-state index in [1.807, 2.05) is 34.6 Å². The third-order valence-corrected chi connectivity index (χ3v) is 9.56. The Balaban J connectivity index is 1.60. The van der Waals surface area contributed by atoms with Crippen molar-refractivity contribution in [1.82, 2.24) is 20.2 Å². The highest BCUT2D eigenvalue weighted by Gasteiger charge is 2.55. The van der Waals surface area contributed by atoms with Gasteiger partial charge in [-0.05, 0) is 57.1 Å². The van der Waals surface area contributed by atoms with E-state index in [1.54, 1.807) is 18.2 Å². The van der Waals surface area contributed by atoms with E-state index >= 15 is 8.78 Å². The van der Waals surface area contributed by atoms with Crippen LogP contribution in [0.5, 0.6) is 11.6 Å². The number of ether oxygens (including phenoxy) is 3. The van der Waals surface area contributed by atoms with Crippen LogP contribution in [0.15, 0.2) is 18.2 Å². The van der Waals surface area contributed by atoms with E-state index in [-0.39, 0.29) is 36.1 Å². The number of carbonyl (C=O) groups is 3. The molecule has 6 atom stereocenters. The van der Waals surface area contributed by atoms with Gasteiger partial charge in [-0.15, -0.1) is 0 Å². The Bertz CT molecular complexity index is 1480. The molecule has 0 unspecified atom stereocenters. The molecule has 2 fully saturated rings. The average Bonchev–Trinajstić information content (AvgIpc) is 3.44. The molecule has 3 heterocycles. The van der Waals surface area contributed by atoms with Crippen LogP contribution < -0.4 is 14.8 Å². The summed E-state index contributed by atoms with van der Waals surface area (Å²) in [5.74, 6) is -4.44. The van der Waals surface area contributed by atoms with Crippen molar-refractivity contribution >= 4 is 28.8 Å². The first kappa shape index (κ1) is 32.8. The van der Waals surface area contributed by atoms with Gasteiger partial charge in [0.15, 0.2) is 11.5 Å². The fourth-order valence-electron chi connectivity index (χ4n) is 6.84. The molecule has 1 saturated heterocycles. The number of fused-ring (bicyclic) bond motifs is 5. The zero-order chi connectivity index (χ0) is 32.9. The molecule has 2 bridgehead atoms. The summed E-state index contributed by atoms with van der Waals surface area (Å²) in [4.78, 5) is 50.7. The third-order valence-electron chi connectivity index (χ3n) is 9.56. The van der Waals surface area contributed by atoms with Crippen LogP contribution in [0.1, 0.15) is 85.8 Å². The molecule has 2 aliphatic heterocycles. The average molecular weight is 631 g/mol. The highest BCUT2D eigenvalue weighted by Crippen LogP contribution is 2.50. The Morgan fingerprint density at radius 2 is 1.91 bits per heavy atom. The van der Waals surface area contributed by atoms with E-state index in [9.17, 15) is 14.4 Å². The van der Waals surface area contributed by atoms with Crippen molar-refractivity contribution in [3.8, 4) is 11.6 Å². The minimum Gasteiger partial charge on any atom is -0.497 e. The molecular formula is C33H44F2N4O6. The third kappa shape index (κ3) is 6.56. The van der Waals surface area contributed by atoms with Gasteiger partial charge < -0.3 is 24.4 Å². The van der Waals surface area contributed by atoms with Gasteiger partial charge in [0.25, 0.3) is 5.92 Å². The summed E-state index contributed by atoms with van der Waals surface area (Å²) in [5, 5.41) is 2.79. The number of rotatable bonds is 3. The van der Waals surface area contributed by atoms with Crippen LogP contribution in [0.2, 0.25) is 0 Å². The van der Waals surface area contributed by atoms with Crippen LogP contribution in [-0.2, 0) is 20.2 Å². The van der Waals surface area contributed by atoms with Crippen LogP contribution in [0.4, 0.5) is 13.6 Å². The molecule has 246 valence electrons. The van der Waals surface area contributed by atoms with E-state index in [0.29, 0.717) is 36.9 Å². The Morgan fingerprint density at radius 1 is 1.18 bits per heavy atom. The second-order valence-corrected chi connectivity index (χ2v) is 14.0. The second kappa shape index (κ2) is 12.0. The predicted molar refractivity (Wildman–Crippen MR) is 162 cm³/mol. The van der Waals surface area contributed by atoms with E-state index in [0.717, 1.165) is 0 Å². The number of hydrogen-bond donors (Lipinski definition) is 1. The van der Waals surface area contributed by atoms with Crippen molar-refractivity contribution in [2.24, 2.45) is 17.3 Å². The first-order valence-corrected chi connectivity index (χ1v) is 15.8. The molecule has 1 N–H and O–H groups in total. The van der Waals surface area contributed by atoms with Crippen LogP contribution in [0.3, 0.4) is 0 Å². The van der Waals surface area contributed by atoms with Crippen molar-refractivity contribution in [2.75, 3.05) is 13.7 Å². The lowest BCUT2D eigenvalue weighted by molar-refractivity contribution is -0.141. The van der Waals surface area contributed by atoms with Gasteiger partial charge in [0.2, 0.25) is 11.8 Å². The highest BCUT2D eigenvalue weighted by atomic mass is 19.3.